The van der Waals surface area contributed by atoms with Crippen molar-refractivity contribution in [3.05, 3.63) is 125 Å². The van der Waals surface area contributed by atoms with Gasteiger partial charge in [-0.25, -0.2) is 8.42 Å². The lowest BCUT2D eigenvalue weighted by molar-refractivity contribution is -0.140. The normalized spacial score (nSPS) is 12.0. The van der Waals surface area contributed by atoms with E-state index in [9.17, 15) is 18.0 Å². The summed E-state index contributed by atoms with van der Waals surface area (Å²) in [5, 5.41) is 2.98. The van der Waals surface area contributed by atoms with Gasteiger partial charge in [-0.1, -0.05) is 77.9 Å². The number of amides is 2. The topological polar surface area (TPSA) is 96.0 Å². The van der Waals surface area contributed by atoms with Crippen molar-refractivity contribution in [1.82, 2.24) is 10.2 Å². The van der Waals surface area contributed by atoms with E-state index in [0.29, 0.717) is 18.0 Å². The van der Waals surface area contributed by atoms with Gasteiger partial charge in [-0.05, 0) is 82.1 Å². The predicted octanol–water partition coefficient (Wildman–Crippen LogP) is 6.06. The van der Waals surface area contributed by atoms with Crippen LogP contribution < -0.4 is 14.4 Å². The number of benzene rings is 4. The van der Waals surface area contributed by atoms with Crippen LogP contribution in [0.3, 0.4) is 0 Å². The molecule has 2 amide bonds. The van der Waals surface area contributed by atoms with Crippen LogP contribution in [0.5, 0.6) is 5.75 Å². The van der Waals surface area contributed by atoms with Gasteiger partial charge in [0.1, 0.15) is 18.3 Å². The fourth-order valence-corrected chi connectivity index (χ4v) is 6.48. The van der Waals surface area contributed by atoms with Crippen molar-refractivity contribution in [2.45, 2.75) is 64.6 Å². The van der Waals surface area contributed by atoms with Gasteiger partial charge >= 0.3 is 0 Å². The summed E-state index contributed by atoms with van der Waals surface area (Å²) in [6.07, 6.45) is 0.257. The second-order valence-corrected chi connectivity index (χ2v) is 13.5. The van der Waals surface area contributed by atoms with Crippen LogP contribution in [0, 0.1) is 13.8 Å². The minimum atomic E-state index is -4.20. The number of aryl methyl sites for hydroxylation is 2. The van der Waals surface area contributed by atoms with Crippen LogP contribution in [-0.4, -0.2) is 50.4 Å². The molecule has 0 bridgehead atoms. The van der Waals surface area contributed by atoms with Crippen molar-refractivity contribution >= 4 is 27.5 Å². The summed E-state index contributed by atoms with van der Waals surface area (Å²) in [7, 11) is -4.20. The highest BCUT2D eigenvalue weighted by Gasteiger charge is 2.34. The molecule has 1 atom stereocenters. The lowest BCUT2D eigenvalue weighted by Gasteiger charge is -2.34. The first-order chi connectivity index (χ1) is 22.0. The Balaban J connectivity index is 1.79. The van der Waals surface area contributed by atoms with E-state index in [0.717, 1.165) is 26.6 Å². The Hall–Kier alpha value is -4.63. The third-order valence-corrected chi connectivity index (χ3v) is 9.29. The van der Waals surface area contributed by atoms with Crippen LogP contribution in [0.25, 0.3) is 0 Å². The highest BCUT2D eigenvalue weighted by atomic mass is 32.2. The van der Waals surface area contributed by atoms with Gasteiger partial charge in [0.2, 0.25) is 11.8 Å². The molecule has 1 unspecified atom stereocenters. The van der Waals surface area contributed by atoms with Gasteiger partial charge in [-0.3, -0.25) is 13.9 Å². The molecule has 0 radical (unpaired) electrons. The molecule has 4 aromatic carbocycles. The van der Waals surface area contributed by atoms with Crippen LogP contribution >= 0.6 is 0 Å². The van der Waals surface area contributed by atoms with Crippen molar-refractivity contribution in [1.29, 1.82) is 0 Å². The Morgan fingerprint density at radius 3 is 1.93 bits per heavy atom. The number of hydrogen-bond donors (Lipinski definition) is 1. The van der Waals surface area contributed by atoms with Crippen molar-refractivity contribution in [3.63, 3.8) is 0 Å². The number of nitrogens with zero attached hydrogens (tertiary/aromatic N) is 2. The number of carbonyl (C=O) groups excluding carboxylic acids is 2. The molecule has 242 valence electrons. The zero-order chi connectivity index (χ0) is 33.3. The quantitative estimate of drug-likeness (QED) is 0.181. The Labute approximate surface area is 273 Å². The van der Waals surface area contributed by atoms with Crippen molar-refractivity contribution in [2.24, 2.45) is 0 Å². The largest absolute Gasteiger partial charge is 0.494 e. The third-order valence-electron chi connectivity index (χ3n) is 7.50. The van der Waals surface area contributed by atoms with Gasteiger partial charge in [0.25, 0.3) is 10.0 Å². The molecule has 0 aromatic heterocycles. The molecule has 8 nitrogen and oxygen atoms in total. The fourth-order valence-electron chi connectivity index (χ4n) is 5.07. The maximum atomic E-state index is 14.5. The number of ether oxygens (including phenoxy) is 1. The number of carbonyl (C=O) groups is 2. The Morgan fingerprint density at radius 2 is 1.37 bits per heavy atom. The molecule has 0 saturated heterocycles. The molecular weight excluding hydrogens is 598 g/mol. The average Bonchev–Trinajstić information content (AvgIpc) is 3.03. The number of anilines is 1. The molecule has 0 spiro atoms. The number of rotatable bonds is 14. The summed E-state index contributed by atoms with van der Waals surface area (Å²) in [6.45, 7) is 9.53. The SMILES string of the molecule is CCOc1ccc(S(=O)(=O)N(CC(=O)N(Cc2ccc(C)cc2)C(Cc2ccccc2)C(=O)NC(C)C)c2ccc(C)cc2)cc1. The molecular formula is C37H43N3O5S. The minimum absolute atomic E-state index is 0.0211. The molecule has 0 aliphatic heterocycles. The van der Waals surface area contributed by atoms with E-state index in [2.05, 4.69) is 5.32 Å². The number of nitrogens with one attached hydrogen (secondary N) is 1. The van der Waals surface area contributed by atoms with Gasteiger partial charge in [0, 0.05) is 19.0 Å². The monoisotopic (exact) mass is 641 g/mol. The van der Waals surface area contributed by atoms with Crippen molar-refractivity contribution < 1.29 is 22.7 Å². The number of hydrogen-bond acceptors (Lipinski definition) is 5. The molecule has 0 fully saturated rings. The maximum Gasteiger partial charge on any atom is 0.264 e. The van der Waals surface area contributed by atoms with Gasteiger partial charge in [-0.2, -0.15) is 0 Å². The van der Waals surface area contributed by atoms with E-state index in [-0.39, 0.29) is 29.8 Å². The third kappa shape index (κ3) is 8.97. The van der Waals surface area contributed by atoms with E-state index in [1.807, 2.05) is 89.2 Å². The van der Waals surface area contributed by atoms with Gasteiger partial charge in [0.15, 0.2) is 0 Å². The summed E-state index contributed by atoms with van der Waals surface area (Å²) >= 11 is 0. The summed E-state index contributed by atoms with van der Waals surface area (Å²) in [4.78, 5) is 29.8. The first-order valence-corrected chi connectivity index (χ1v) is 16.9. The van der Waals surface area contributed by atoms with Crippen LogP contribution in [0.2, 0.25) is 0 Å². The highest BCUT2D eigenvalue weighted by Crippen LogP contribution is 2.27. The Kier molecular flexibility index (Phi) is 11.6. The first kappa shape index (κ1) is 34.2. The zero-order valence-electron chi connectivity index (χ0n) is 27.1. The first-order valence-electron chi connectivity index (χ1n) is 15.5. The standard InChI is InChI=1S/C37H43N3O5S/c1-6-45-33-20-22-34(23-21-33)46(43,44)40(32-18-14-29(5)15-19-32)26-36(41)39(25-31-16-12-28(4)13-17-31)35(37(42)38-27(2)3)24-30-10-8-7-9-11-30/h7-23,27,35H,6,24-26H2,1-5H3,(H,38,42). The van der Waals surface area contributed by atoms with Crippen LogP contribution in [0.15, 0.2) is 108 Å². The van der Waals surface area contributed by atoms with Gasteiger partial charge in [0.05, 0.1) is 17.2 Å². The summed E-state index contributed by atoms with van der Waals surface area (Å²) in [5.41, 5.74) is 4.06. The Bertz CT molecular complexity index is 1690. The van der Waals surface area contributed by atoms with E-state index in [4.69, 9.17) is 4.74 Å². The molecule has 0 saturated carbocycles. The molecule has 4 rings (SSSR count). The van der Waals surface area contributed by atoms with Crippen LogP contribution in [0.1, 0.15) is 43.0 Å². The van der Waals surface area contributed by atoms with E-state index in [1.165, 1.54) is 17.0 Å². The second-order valence-electron chi connectivity index (χ2n) is 11.6. The van der Waals surface area contributed by atoms with Crippen LogP contribution in [0.4, 0.5) is 5.69 Å². The van der Waals surface area contributed by atoms with Crippen molar-refractivity contribution in [3.8, 4) is 5.75 Å². The molecule has 46 heavy (non-hydrogen) atoms. The smallest absolute Gasteiger partial charge is 0.264 e. The summed E-state index contributed by atoms with van der Waals surface area (Å²) in [6, 6.07) is 29.3. The van der Waals surface area contributed by atoms with E-state index < -0.39 is 28.5 Å². The maximum absolute atomic E-state index is 14.5. The minimum Gasteiger partial charge on any atom is -0.494 e. The van der Waals surface area contributed by atoms with Crippen molar-refractivity contribution in [2.75, 3.05) is 17.5 Å². The second kappa shape index (κ2) is 15.6. The Morgan fingerprint density at radius 1 is 0.783 bits per heavy atom. The van der Waals surface area contributed by atoms with E-state index in [1.54, 1.807) is 36.4 Å². The lowest BCUT2D eigenvalue weighted by atomic mass is 10.0. The fraction of sp³-hybridized carbons (Fsp3) is 0.297. The molecule has 0 aliphatic rings. The average molecular weight is 642 g/mol. The number of sulfonamides is 1. The predicted molar refractivity (Wildman–Crippen MR) is 182 cm³/mol. The molecule has 4 aromatic rings. The molecule has 9 heteroatoms. The molecule has 0 heterocycles. The zero-order valence-corrected chi connectivity index (χ0v) is 28.0. The summed E-state index contributed by atoms with van der Waals surface area (Å²) < 4.78 is 35.1. The molecule has 1 N–H and O–H groups in total. The van der Waals surface area contributed by atoms with E-state index >= 15 is 0 Å². The highest BCUT2D eigenvalue weighted by molar-refractivity contribution is 7.92. The molecule has 0 aliphatic carbocycles. The van der Waals surface area contributed by atoms with Crippen LogP contribution in [-0.2, 0) is 32.6 Å². The van der Waals surface area contributed by atoms with Gasteiger partial charge < -0.3 is 15.0 Å². The lowest BCUT2D eigenvalue weighted by Crippen LogP contribution is -2.54. The summed E-state index contributed by atoms with van der Waals surface area (Å²) in [5.74, 6) is -0.269. The van der Waals surface area contributed by atoms with Gasteiger partial charge in [-0.15, -0.1) is 0 Å².